The van der Waals surface area contributed by atoms with Gasteiger partial charge in [-0.2, -0.15) is 0 Å². The van der Waals surface area contributed by atoms with Gasteiger partial charge >= 0.3 is 0 Å². The maximum Gasteiger partial charge on any atom is 0.116 e. The molecule has 1 aromatic carbocycles. The van der Waals surface area contributed by atoms with E-state index in [1.807, 2.05) is 6.92 Å². The lowest BCUT2D eigenvalue weighted by molar-refractivity contribution is 0.176. The van der Waals surface area contributed by atoms with Crippen LogP contribution in [0.2, 0.25) is 0 Å². The Hall–Kier alpha value is -0.580. The van der Waals surface area contributed by atoms with Crippen LogP contribution in [0.4, 0.5) is 0 Å². The van der Waals surface area contributed by atoms with E-state index in [2.05, 4.69) is 21.2 Å². The smallest absolute Gasteiger partial charge is 0.116 e. The Balaban J connectivity index is 3.07. The molecule has 0 spiro atoms. The topological polar surface area (TPSA) is 52.5 Å². The Bertz CT molecular complexity index is 328. The first-order valence-electron chi connectivity index (χ1n) is 4.38. The van der Waals surface area contributed by atoms with Crippen molar-refractivity contribution >= 4 is 15.9 Å². The number of aromatic hydroxyl groups is 1. The Labute approximate surface area is 91.9 Å². The van der Waals surface area contributed by atoms with E-state index in [-0.39, 0.29) is 5.75 Å². The van der Waals surface area contributed by atoms with Crippen molar-refractivity contribution in [1.29, 1.82) is 0 Å². The number of halogens is 1. The van der Waals surface area contributed by atoms with Crippen LogP contribution in [0.3, 0.4) is 0 Å². The van der Waals surface area contributed by atoms with E-state index in [0.29, 0.717) is 12.1 Å². The van der Waals surface area contributed by atoms with Crippen LogP contribution in [0, 0.1) is 6.92 Å². The molecular formula is C10H14BrNO2. The largest absolute Gasteiger partial charge is 0.508 e. The molecule has 0 saturated carbocycles. The summed E-state index contributed by atoms with van der Waals surface area (Å²) in [6, 6.07) is 3.22. The molecule has 78 valence electrons. The molecule has 0 saturated heterocycles. The normalized spacial score (nSPS) is 12.9. The number of benzene rings is 1. The summed E-state index contributed by atoms with van der Waals surface area (Å²) < 4.78 is 0.845. The number of phenolic OH excluding ortho intramolecular Hbond substituents is 1. The Morgan fingerprint density at radius 1 is 1.50 bits per heavy atom. The zero-order valence-electron chi connectivity index (χ0n) is 8.21. The van der Waals surface area contributed by atoms with Crippen LogP contribution >= 0.6 is 15.9 Å². The van der Waals surface area contributed by atoms with E-state index in [9.17, 15) is 10.2 Å². The van der Waals surface area contributed by atoms with Crippen molar-refractivity contribution in [2.45, 2.75) is 13.0 Å². The van der Waals surface area contributed by atoms with Crippen molar-refractivity contribution in [3.8, 4) is 5.75 Å². The fourth-order valence-electron chi connectivity index (χ4n) is 1.32. The number of phenols is 1. The molecule has 0 bridgehead atoms. The molecule has 1 rings (SSSR count). The van der Waals surface area contributed by atoms with Crippen LogP contribution < -0.4 is 5.32 Å². The van der Waals surface area contributed by atoms with Gasteiger partial charge in [0.05, 0.1) is 6.10 Å². The third kappa shape index (κ3) is 2.47. The van der Waals surface area contributed by atoms with Crippen LogP contribution in [-0.2, 0) is 0 Å². The second-order valence-corrected chi connectivity index (χ2v) is 4.03. The van der Waals surface area contributed by atoms with E-state index in [4.69, 9.17) is 0 Å². The summed E-state index contributed by atoms with van der Waals surface area (Å²) in [4.78, 5) is 0. The van der Waals surface area contributed by atoms with Crippen LogP contribution in [-0.4, -0.2) is 23.8 Å². The lowest BCUT2D eigenvalue weighted by Crippen LogP contribution is -2.17. The molecule has 4 heteroatoms. The lowest BCUT2D eigenvalue weighted by Gasteiger charge is -2.14. The Morgan fingerprint density at radius 2 is 2.14 bits per heavy atom. The van der Waals surface area contributed by atoms with Crippen molar-refractivity contribution in [2.24, 2.45) is 0 Å². The predicted molar refractivity (Wildman–Crippen MR) is 59.4 cm³/mol. The molecule has 1 unspecified atom stereocenters. The zero-order chi connectivity index (χ0) is 10.7. The average molecular weight is 260 g/mol. The molecule has 3 nitrogen and oxygen atoms in total. The molecular weight excluding hydrogens is 246 g/mol. The minimum absolute atomic E-state index is 0.177. The van der Waals surface area contributed by atoms with E-state index in [1.54, 1.807) is 19.2 Å². The average Bonchev–Trinajstić information content (AvgIpc) is 2.11. The van der Waals surface area contributed by atoms with Crippen LogP contribution in [0.1, 0.15) is 17.2 Å². The summed E-state index contributed by atoms with van der Waals surface area (Å²) in [5.41, 5.74) is 1.62. The van der Waals surface area contributed by atoms with Gasteiger partial charge in [-0.25, -0.2) is 0 Å². The summed E-state index contributed by atoms with van der Waals surface area (Å²) in [5, 5.41) is 22.0. The van der Waals surface area contributed by atoms with Gasteiger partial charge in [0, 0.05) is 11.0 Å². The first-order valence-corrected chi connectivity index (χ1v) is 5.17. The second-order valence-electron chi connectivity index (χ2n) is 3.24. The molecule has 1 aromatic rings. The monoisotopic (exact) mass is 259 g/mol. The van der Waals surface area contributed by atoms with Crippen molar-refractivity contribution in [2.75, 3.05) is 13.6 Å². The van der Waals surface area contributed by atoms with Gasteiger partial charge in [-0.3, -0.25) is 0 Å². The fourth-order valence-corrected chi connectivity index (χ4v) is 1.82. The maximum atomic E-state index is 9.75. The standard InChI is InChI=1S/C10H14BrNO2/c1-6-3-7(13)4-8(10(6)11)9(14)5-12-2/h3-4,9,12-14H,5H2,1-2H3. The third-order valence-corrected chi connectivity index (χ3v) is 3.11. The van der Waals surface area contributed by atoms with Crippen molar-refractivity contribution in [3.63, 3.8) is 0 Å². The highest BCUT2D eigenvalue weighted by atomic mass is 79.9. The first-order chi connectivity index (χ1) is 6.56. The van der Waals surface area contributed by atoms with Crippen molar-refractivity contribution in [1.82, 2.24) is 5.32 Å². The fraction of sp³-hybridized carbons (Fsp3) is 0.400. The highest BCUT2D eigenvalue weighted by molar-refractivity contribution is 9.10. The number of aryl methyl sites for hydroxylation is 1. The summed E-state index contributed by atoms with van der Waals surface area (Å²) in [7, 11) is 1.77. The highest BCUT2D eigenvalue weighted by Gasteiger charge is 2.13. The van der Waals surface area contributed by atoms with Gasteiger partial charge < -0.3 is 15.5 Å². The van der Waals surface area contributed by atoms with Crippen molar-refractivity contribution < 1.29 is 10.2 Å². The van der Waals surface area contributed by atoms with Gasteiger partial charge in [0.1, 0.15) is 5.75 Å². The van der Waals surface area contributed by atoms with E-state index in [0.717, 1.165) is 10.0 Å². The number of nitrogens with one attached hydrogen (secondary N) is 1. The minimum atomic E-state index is -0.611. The summed E-state index contributed by atoms with van der Waals surface area (Å²) in [6.45, 7) is 2.33. The van der Waals surface area contributed by atoms with E-state index in [1.165, 1.54) is 0 Å². The molecule has 0 aliphatic heterocycles. The zero-order valence-corrected chi connectivity index (χ0v) is 9.80. The maximum absolute atomic E-state index is 9.75. The summed E-state index contributed by atoms with van der Waals surface area (Å²) >= 11 is 3.39. The van der Waals surface area contributed by atoms with Gasteiger partial charge in [-0.15, -0.1) is 0 Å². The van der Waals surface area contributed by atoms with E-state index >= 15 is 0 Å². The van der Waals surface area contributed by atoms with Gasteiger partial charge in [0.25, 0.3) is 0 Å². The predicted octanol–water partition coefficient (Wildman–Crippen LogP) is 1.72. The third-order valence-electron chi connectivity index (χ3n) is 2.02. The SMILES string of the molecule is CNCC(O)c1cc(O)cc(C)c1Br. The number of aliphatic hydroxyl groups excluding tert-OH is 1. The molecule has 0 radical (unpaired) electrons. The van der Waals surface area contributed by atoms with E-state index < -0.39 is 6.10 Å². The van der Waals surface area contributed by atoms with Gasteiger partial charge in [-0.1, -0.05) is 15.9 Å². The number of hydrogen-bond donors (Lipinski definition) is 3. The number of likely N-dealkylation sites (N-methyl/N-ethyl adjacent to an activating group) is 1. The minimum Gasteiger partial charge on any atom is -0.508 e. The molecule has 14 heavy (non-hydrogen) atoms. The summed E-state index contributed by atoms with van der Waals surface area (Å²) in [6.07, 6.45) is -0.611. The van der Waals surface area contributed by atoms with Gasteiger partial charge in [-0.05, 0) is 37.2 Å². The quantitative estimate of drug-likeness (QED) is 0.775. The molecule has 0 fully saturated rings. The second kappa shape index (κ2) is 4.77. The molecule has 0 aliphatic rings. The highest BCUT2D eigenvalue weighted by Crippen LogP contribution is 2.30. The lowest BCUT2D eigenvalue weighted by atomic mass is 10.1. The molecule has 0 aliphatic carbocycles. The first kappa shape index (κ1) is 11.5. The molecule has 0 amide bonds. The Morgan fingerprint density at radius 3 is 2.71 bits per heavy atom. The van der Waals surface area contributed by atoms with Crippen LogP contribution in [0.25, 0.3) is 0 Å². The number of aliphatic hydroxyl groups is 1. The van der Waals surface area contributed by atoms with Gasteiger partial charge in [0.2, 0.25) is 0 Å². The molecule has 0 heterocycles. The summed E-state index contributed by atoms with van der Waals surface area (Å²) in [5.74, 6) is 0.177. The number of hydrogen-bond acceptors (Lipinski definition) is 3. The molecule has 1 atom stereocenters. The number of rotatable bonds is 3. The molecule has 0 aromatic heterocycles. The van der Waals surface area contributed by atoms with Gasteiger partial charge in [0.15, 0.2) is 0 Å². The van der Waals surface area contributed by atoms with Crippen LogP contribution in [0.15, 0.2) is 16.6 Å². The van der Waals surface area contributed by atoms with Crippen LogP contribution in [0.5, 0.6) is 5.75 Å². The van der Waals surface area contributed by atoms with Crippen molar-refractivity contribution in [3.05, 3.63) is 27.7 Å². The molecule has 3 N–H and O–H groups in total. The Kier molecular flexibility index (Phi) is 3.92.